The number of amides is 4. The second-order valence-electron chi connectivity index (χ2n) is 6.42. The Labute approximate surface area is 162 Å². The number of carbonyl (C=O) groups is 3. The number of urea groups is 1. The number of carbonyl (C=O) groups excluding carboxylic acids is 3. The van der Waals surface area contributed by atoms with Gasteiger partial charge in [0.15, 0.2) is 0 Å². The average Bonchev–Trinajstić information content (AvgIpc) is 2.70. The number of nitrogens with one attached hydrogen (secondary N) is 2. The molecule has 3 rings (SSSR count). The Bertz CT molecular complexity index is 852. The third kappa shape index (κ3) is 5.14. The number of hydrogen-bond donors (Lipinski definition) is 2. The first-order chi connectivity index (χ1) is 13.5. The fraction of sp³-hybridized carbons (Fsp3) is 0.250. The van der Waals surface area contributed by atoms with Crippen molar-refractivity contribution in [1.29, 1.82) is 0 Å². The van der Waals surface area contributed by atoms with Crippen molar-refractivity contribution in [3.63, 3.8) is 0 Å². The van der Waals surface area contributed by atoms with E-state index in [1.165, 1.54) is 18.2 Å². The maximum atomic E-state index is 13.5. The maximum absolute atomic E-state index is 13.5. The van der Waals surface area contributed by atoms with E-state index >= 15 is 0 Å². The summed E-state index contributed by atoms with van der Waals surface area (Å²) in [7, 11) is 0. The Morgan fingerprint density at radius 1 is 0.893 bits per heavy atom. The molecule has 0 bridgehead atoms. The van der Waals surface area contributed by atoms with Crippen LogP contribution in [0.1, 0.15) is 10.4 Å². The van der Waals surface area contributed by atoms with Crippen molar-refractivity contribution in [3.05, 3.63) is 66.0 Å². The Balaban J connectivity index is 1.43. The van der Waals surface area contributed by atoms with Gasteiger partial charge in [-0.15, -0.1) is 0 Å². The summed E-state index contributed by atoms with van der Waals surface area (Å²) in [5.74, 6) is -1.10. The van der Waals surface area contributed by atoms with Gasteiger partial charge in [0.1, 0.15) is 5.82 Å². The lowest BCUT2D eigenvalue weighted by Gasteiger charge is -2.34. The molecule has 146 valence electrons. The summed E-state index contributed by atoms with van der Waals surface area (Å²) in [4.78, 5) is 39.9. The summed E-state index contributed by atoms with van der Waals surface area (Å²) in [5, 5.41) is 4.49. The fourth-order valence-corrected chi connectivity index (χ4v) is 2.96. The Morgan fingerprint density at radius 3 is 2.21 bits per heavy atom. The van der Waals surface area contributed by atoms with E-state index in [4.69, 9.17) is 0 Å². The molecule has 0 radical (unpaired) electrons. The van der Waals surface area contributed by atoms with Crippen LogP contribution < -0.4 is 10.6 Å². The molecule has 0 aromatic heterocycles. The van der Waals surface area contributed by atoms with Gasteiger partial charge in [-0.3, -0.25) is 19.8 Å². The van der Waals surface area contributed by atoms with Crippen LogP contribution in [0.3, 0.4) is 0 Å². The molecule has 28 heavy (non-hydrogen) atoms. The largest absolute Gasteiger partial charge is 0.336 e. The second kappa shape index (κ2) is 9.09. The Morgan fingerprint density at radius 2 is 1.54 bits per heavy atom. The van der Waals surface area contributed by atoms with Crippen molar-refractivity contribution in [2.45, 2.75) is 0 Å². The van der Waals surface area contributed by atoms with Crippen molar-refractivity contribution >= 4 is 23.5 Å². The molecule has 1 fully saturated rings. The van der Waals surface area contributed by atoms with Crippen molar-refractivity contribution in [1.82, 2.24) is 15.1 Å². The lowest BCUT2D eigenvalue weighted by atomic mass is 10.2. The highest BCUT2D eigenvalue weighted by Gasteiger charge is 2.23. The zero-order valence-corrected chi connectivity index (χ0v) is 15.2. The molecule has 2 N–H and O–H groups in total. The van der Waals surface area contributed by atoms with Gasteiger partial charge in [0.2, 0.25) is 5.91 Å². The summed E-state index contributed by atoms with van der Waals surface area (Å²) < 4.78 is 13.5. The molecule has 0 saturated carbocycles. The highest BCUT2D eigenvalue weighted by molar-refractivity contribution is 6.01. The number of nitrogens with zero attached hydrogens (tertiary/aromatic N) is 2. The summed E-state index contributed by atoms with van der Waals surface area (Å²) in [6.45, 7) is 2.09. The van der Waals surface area contributed by atoms with E-state index < -0.39 is 17.8 Å². The lowest BCUT2D eigenvalue weighted by molar-refractivity contribution is -0.121. The fourth-order valence-electron chi connectivity index (χ4n) is 2.96. The van der Waals surface area contributed by atoms with E-state index in [1.807, 2.05) is 23.1 Å². The van der Waals surface area contributed by atoms with E-state index in [2.05, 4.69) is 10.6 Å². The van der Waals surface area contributed by atoms with Gasteiger partial charge in [-0.1, -0.05) is 30.3 Å². The predicted octanol–water partition coefficient (Wildman–Crippen LogP) is 1.93. The van der Waals surface area contributed by atoms with Crippen LogP contribution in [-0.2, 0) is 4.79 Å². The molecule has 0 atom stereocenters. The minimum atomic E-state index is -0.784. The van der Waals surface area contributed by atoms with Gasteiger partial charge in [0.25, 0.3) is 5.91 Å². The zero-order chi connectivity index (χ0) is 19.9. The third-order valence-corrected chi connectivity index (χ3v) is 4.42. The number of rotatable bonds is 4. The molecule has 8 heteroatoms. The first-order valence-corrected chi connectivity index (χ1v) is 8.95. The monoisotopic (exact) mass is 384 g/mol. The molecule has 1 heterocycles. The zero-order valence-electron chi connectivity index (χ0n) is 15.2. The molecule has 1 aliphatic heterocycles. The molecule has 0 unspecified atom stereocenters. The van der Waals surface area contributed by atoms with E-state index in [0.29, 0.717) is 31.7 Å². The highest BCUT2D eigenvalue weighted by Crippen LogP contribution is 2.12. The lowest BCUT2D eigenvalue weighted by Crippen LogP contribution is -2.51. The summed E-state index contributed by atoms with van der Waals surface area (Å²) in [6.07, 6.45) is 0. The standard InChI is InChI=1S/C20H21FN4O3/c21-16-8-4-5-9-17(16)22-20(28)23-18(26)14-24-10-12-25(13-11-24)19(27)15-6-2-1-3-7-15/h1-9H,10-14H2,(H2,22,23,26,28). The third-order valence-electron chi connectivity index (χ3n) is 4.42. The summed E-state index contributed by atoms with van der Waals surface area (Å²) in [6, 6.07) is 14.0. The van der Waals surface area contributed by atoms with Gasteiger partial charge < -0.3 is 10.2 Å². The summed E-state index contributed by atoms with van der Waals surface area (Å²) >= 11 is 0. The number of imide groups is 1. The Hall–Kier alpha value is -3.26. The van der Waals surface area contributed by atoms with Crippen LogP contribution in [-0.4, -0.2) is 60.4 Å². The van der Waals surface area contributed by atoms with E-state index in [1.54, 1.807) is 23.1 Å². The van der Waals surface area contributed by atoms with Gasteiger partial charge in [-0.25, -0.2) is 9.18 Å². The van der Waals surface area contributed by atoms with Gasteiger partial charge in [-0.2, -0.15) is 0 Å². The Kier molecular flexibility index (Phi) is 6.33. The van der Waals surface area contributed by atoms with Crippen LogP contribution in [0.2, 0.25) is 0 Å². The molecule has 1 aliphatic rings. The number of para-hydroxylation sites is 1. The van der Waals surface area contributed by atoms with Crippen LogP contribution in [0.4, 0.5) is 14.9 Å². The molecule has 2 aromatic carbocycles. The SMILES string of the molecule is O=C(CN1CCN(C(=O)c2ccccc2)CC1)NC(=O)Nc1ccccc1F. The smallest absolute Gasteiger partial charge is 0.326 e. The van der Waals surface area contributed by atoms with Crippen LogP contribution in [0.15, 0.2) is 54.6 Å². The van der Waals surface area contributed by atoms with E-state index in [0.717, 1.165) is 0 Å². The van der Waals surface area contributed by atoms with E-state index in [-0.39, 0.29) is 18.1 Å². The van der Waals surface area contributed by atoms with Gasteiger partial charge in [0.05, 0.1) is 12.2 Å². The number of benzene rings is 2. The number of halogens is 1. The maximum Gasteiger partial charge on any atom is 0.326 e. The van der Waals surface area contributed by atoms with Crippen molar-refractivity contribution in [2.24, 2.45) is 0 Å². The van der Waals surface area contributed by atoms with Crippen LogP contribution >= 0.6 is 0 Å². The van der Waals surface area contributed by atoms with Crippen molar-refractivity contribution in [3.8, 4) is 0 Å². The molecular weight excluding hydrogens is 363 g/mol. The molecule has 2 aromatic rings. The van der Waals surface area contributed by atoms with Crippen LogP contribution in [0.5, 0.6) is 0 Å². The second-order valence-corrected chi connectivity index (χ2v) is 6.42. The highest BCUT2D eigenvalue weighted by atomic mass is 19.1. The average molecular weight is 384 g/mol. The molecule has 7 nitrogen and oxygen atoms in total. The van der Waals surface area contributed by atoms with Gasteiger partial charge >= 0.3 is 6.03 Å². The quantitative estimate of drug-likeness (QED) is 0.844. The number of piperazine rings is 1. The number of anilines is 1. The van der Waals surface area contributed by atoms with Crippen LogP contribution in [0.25, 0.3) is 0 Å². The van der Waals surface area contributed by atoms with Crippen molar-refractivity contribution < 1.29 is 18.8 Å². The molecule has 4 amide bonds. The van der Waals surface area contributed by atoms with Crippen molar-refractivity contribution in [2.75, 3.05) is 38.0 Å². The predicted molar refractivity (Wildman–Crippen MR) is 102 cm³/mol. The van der Waals surface area contributed by atoms with E-state index in [9.17, 15) is 18.8 Å². The molecule has 0 aliphatic carbocycles. The first-order valence-electron chi connectivity index (χ1n) is 8.95. The summed E-state index contributed by atoms with van der Waals surface area (Å²) in [5.41, 5.74) is 0.638. The van der Waals surface area contributed by atoms with Gasteiger partial charge in [0, 0.05) is 31.7 Å². The number of hydrogen-bond acceptors (Lipinski definition) is 4. The molecule has 0 spiro atoms. The molecular formula is C20H21FN4O3. The molecule has 1 saturated heterocycles. The van der Waals surface area contributed by atoms with Gasteiger partial charge in [-0.05, 0) is 24.3 Å². The van der Waals surface area contributed by atoms with Crippen LogP contribution in [0, 0.1) is 5.82 Å². The normalized spacial score (nSPS) is 14.4. The topological polar surface area (TPSA) is 81.8 Å². The minimum absolute atomic E-state index is 0.000777. The minimum Gasteiger partial charge on any atom is -0.336 e. The first kappa shape index (κ1) is 19.5.